The van der Waals surface area contributed by atoms with Gasteiger partial charge >= 0.3 is 0 Å². The van der Waals surface area contributed by atoms with Crippen molar-refractivity contribution in [3.63, 3.8) is 0 Å². The van der Waals surface area contributed by atoms with Gasteiger partial charge in [0.25, 0.3) is 0 Å². The number of aromatic nitrogens is 2. The molecule has 4 heteroatoms. The molecule has 0 bridgehead atoms. The summed E-state index contributed by atoms with van der Waals surface area (Å²) in [5.74, 6) is 0.623. The Bertz CT molecular complexity index is 805. The molecule has 1 fully saturated rings. The number of halogens is 1. The SMILES string of the molecule is Oc1ccccc1-c1nc2cc(F)ccc2n1C1CC1. The molecule has 1 aliphatic rings. The van der Waals surface area contributed by atoms with Crippen LogP contribution in [0.3, 0.4) is 0 Å². The molecule has 1 aromatic heterocycles. The highest BCUT2D eigenvalue weighted by Gasteiger charge is 2.29. The van der Waals surface area contributed by atoms with E-state index in [1.165, 1.54) is 12.1 Å². The third kappa shape index (κ3) is 1.68. The van der Waals surface area contributed by atoms with Crippen molar-refractivity contribution in [1.82, 2.24) is 9.55 Å². The molecule has 1 aliphatic carbocycles. The summed E-state index contributed by atoms with van der Waals surface area (Å²) in [7, 11) is 0. The van der Waals surface area contributed by atoms with Crippen molar-refractivity contribution < 1.29 is 9.50 Å². The predicted octanol–water partition coefficient (Wildman–Crippen LogP) is 3.88. The second kappa shape index (κ2) is 4.07. The van der Waals surface area contributed by atoms with E-state index >= 15 is 0 Å². The molecule has 1 heterocycles. The van der Waals surface area contributed by atoms with E-state index in [9.17, 15) is 9.50 Å². The van der Waals surface area contributed by atoms with Gasteiger partial charge in [0, 0.05) is 12.1 Å². The first-order valence-corrected chi connectivity index (χ1v) is 6.70. The molecule has 0 saturated heterocycles. The molecule has 3 aromatic rings. The van der Waals surface area contributed by atoms with Gasteiger partial charge in [-0.05, 0) is 37.1 Å². The first kappa shape index (κ1) is 11.5. The fourth-order valence-electron chi connectivity index (χ4n) is 2.63. The molecule has 0 aliphatic heterocycles. The summed E-state index contributed by atoms with van der Waals surface area (Å²) in [6.07, 6.45) is 2.20. The summed E-state index contributed by atoms with van der Waals surface area (Å²) in [6, 6.07) is 12.2. The quantitative estimate of drug-likeness (QED) is 0.765. The maximum Gasteiger partial charge on any atom is 0.145 e. The van der Waals surface area contributed by atoms with E-state index in [-0.39, 0.29) is 11.6 Å². The van der Waals surface area contributed by atoms with Crippen LogP contribution in [0.25, 0.3) is 22.4 Å². The molecule has 1 N–H and O–H groups in total. The van der Waals surface area contributed by atoms with Crippen molar-refractivity contribution in [3.8, 4) is 17.1 Å². The number of nitrogens with zero attached hydrogens (tertiary/aromatic N) is 2. The van der Waals surface area contributed by atoms with E-state index in [1.54, 1.807) is 18.2 Å². The first-order valence-electron chi connectivity index (χ1n) is 6.70. The average molecular weight is 268 g/mol. The highest BCUT2D eigenvalue weighted by molar-refractivity contribution is 5.82. The second-order valence-corrected chi connectivity index (χ2v) is 5.19. The molecule has 4 rings (SSSR count). The van der Waals surface area contributed by atoms with E-state index in [2.05, 4.69) is 9.55 Å². The van der Waals surface area contributed by atoms with Crippen LogP contribution in [0.15, 0.2) is 42.5 Å². The van der Waals surface area contributed by atoms with Crippen LogP contribution >= 0.6 is 0 Å². The highest BCUT2D eigenvalue weighted by atomic mass is 19.1. The van der Waals surface area contributed by atoms with Gasteiger partial charge in [-0.25, -0.2) is 9.37 Å². The van der Waals surface area contributed by atoms with Crippen molar-refractivity contribution in [1.29, 1.82) is 0 Å². The molecular weight excluding hydrogens is 255 g/mol. The number of phenols is 1. The van der Waals surface area contributed by atoms with Gasteiger partial charge in [0.15, 0.2) is 0 Å². The number of para-hydroxylation sites is 1. The lowest BCUT2D eigenvalue weighted by atomic mass is 10.2. The largest absolute Gasteiger partial charge is 0.507 e. The van der Waals surface area contributed by atoms with Gasteiger partial charge in [-0.3, -0.25) is 0 Å². The minimum atomic E-state index is -0.290. The molecular formula is C16H13FN2O. The summed E-state index contributed by atoms with van der Waals surface area (Å²) >= 11 is 0. The average Bonchev–Trinajstić information content (AvgIpc) is 3.20. The Balaban J connectivity index is 2.03. The number of rotatable bonds is 2. The molecule has 0 radical (unpaired) electrons. The zero-order valence-corrected chi connectivity index (χ0v) is 10.8. The lowest BCUT2D eigenvalue weighted by molar-refractivity contribution is 0.476. The van der Waals surface area contributed by atoms with Gasteiger partial charge in [-0.2, -0.15) is 0 Å². The van der Waals surface area contributed by atoms with Crippen molar-refractivity contribution in [2.75, 3.05) is 0 Å². The molecule has 2 aromatic carbocycles. The number of phenolic OH excluding ortho intramolecular Hbond substituents is 1. The Morgan fingerprint density at radius 2 is 1.95 bits per heavy atom. The molecule has 20 heavy (non-hydrogen) atoms. The Morgan fingerprint density at radius 1 is 1.15 bits per heavy atom. The van der Waals surface area contributed by atoms with E-state index in [0.29, 0.717) is 22.9 Å². The fourth-order valence-corrected chi connectivity index (χ4v) is 2.63. The highest BCUT2D eigenvalue weighted by Crippen LogP contribution is 2.42. The van der Waals surface area contributed by atoms with Crippen molar-refractivity contribution in [2.45, 2.75) is 18.9 Å². The van der Waals surface area contributed by atoms with Crippen LogP contribution in [0.5, 0.6) is 5.75 Å². The lowest BCUT2D eigenvalue weighted by Gasteiger charge is -2.08. The first-order chi connectivity index (χ1) is 9.74. The summed E-state index contributed by atoms with van der Waals surface area (Å²) in [6.45, 7) is 0. The Hall–Kier alpha value is -2.36. The number of aromatic hydroxyl groups is 1. The Kier molecular flexibility index (Phi) is 2.33. The summed E-state index contributed by atoms with van der Waals surface area (Å²) in [5, 5.41) is 10.0. The minimum Gasteiger partial charge on any atom is -0.507 e. The van der Waals surface area contributed by atoms with Crippen molar-refractivity contribution >= 4 is 11.0 Å². The molecule has 1 saturated carbocycles. The van der Waals surface area contributed by atoms with Gasteiger partial charge in [0.2, 0.25) is 0 Å². The van der Waals surface area contributed by atoms with Gasteiger partial charge < -0.3 is 9.67 Å². The third-order valence-corrected chi connectivity index (χ3v) is 3.71. The van der Waals surface area contributed by atoms with Gasteiger partial charge in [0.05, 0.1) is 16.6 Å². The van der Waals surface area contributed by atoms with E-state index < -0.39 is 0 Å². The number of hydrogen-bond acceptors (Lipinski definition) is 2. The molecule has 100 valence electrons. The minimum absolute atomic E-state index is 0.199. The molecule has 0 atom stereocenters. The van der Waals surface area contributed by atoms with E-state index in [0.717, 1.165) is 18.4 Å². The molecule has 0 unspecified atom stereocenters. The normalized spacial score (nSPS) is 14.8. The van der Waals surface area contributed by atoms with Crippen LogP contribution in [0.2, 0.25) is 0 Å². The second-order valence-electron chi connectivity index (χ2n) is 5.19. The Labute approximate surface area is 115 Å². The van der Waals surface area contributed by atoms with Crippen LogP contribution in [-0.2, 0) is 0 Å². The maximum absolute atomic E-state index is 13.4. The van der Waals surface area contributed by atoms with Crippen molar-refractivity contribution in [2.24, 2.45) is 0 Å². The number of benzene rings is 2. The number of imidazole rings is 1. The van der Waals surface area contributed by atoms with E-state index in [1.807, 2.05) is 12.1 Å². The van der Waals surface area contributed by atoms with Crippen molar-refractivity contribution in [3.05, 3.63) is 48.3 Å². The van der Waals surface area contributed by atoms with Gasteiger partial charge in [-0.1, -0.05) is 12.1 Å². The van der Waals surface area contributed by atoms with Crippen LogP contribution in [0, 0.1) is 5.82 Å². The molecule has 0 amide bonds. The smallest absolute Gasteiger partial charge is 0.145 e. The van der Waals surface area contributed by atoms with Crippen LogP contribution in [-0.4, -0.2) is 14.7 Å². The number of hydrogen-bond donors (Lipinski definition) is 1. The fraction of sp³-hybridized carbons (Fsp3) is 0.188. The maximum atomic E-state index is 13.4. The summed E-state index contributed by atoms with van der Waals surface area (Å²) < 4.78 is 15.5. The predicted molar refractivity (Wildman–Crippen MR) is 75.1 cm³/mol. The summed E-state index contributed by atoms with van der Waals surface area (Å²) in [5.41, 5.74) is 2.25. The van der Waals surface area contributed by atoms with Gasteiger partial charge in [0.1, 0.15) is 17.4 Å². The zero-order valence-electron chi connectivity index (χ0n) is 10.8. The topological polar surface area (TPSA) is 38.1 Å². The van der Waals surface area contributed by atoms with E-state index in [4.69, 9.17) is 0 Å². The molecule has 3 nitrogen and oxygen atoms in total. The van der Waals surface area contributed by atoms with Gasteiger partial charge in [-0.15, -0.1) is 0 Å². The monoisotopic (exact) mass is 268 g/mol. The molecule has 0 spiro atoms. The summed E-state index contributed by atoms with van der Waals surface area (Å²) in [4.78, 5) is 4.53. The standard InChI is InChI=1S/C16H13FN2O/c17-10-5-8-14-13(9-10)18-16(19(14)11-6-7-11)12-3-1-2-4-15(12)20/h1-5,8-9,11,20H,6-7H2. The Morgan fingerprint density at radius 3 is 2.70 bits per heavy atom. The van der Waals surface area contributed by atoms with Crippen LogP contribution in [0.4, 0.5) is 4.39 Å². The lowest BCUT2D eigenvalue weighted by Crippen LogP contribution is -1.97. The van der Waals surface area contributed by atoms with Crippen LogP contribution < -0.4 is 0 Å². The third-order valence-electron chi connectivity index (χ3n) is 3.71. The number of fused-ring (bicyclic) bond motifs is 1. The zero-order chi connectivity index (χ0) is 13.7. The van der Waals surface area contributed by atoms with Crippen LogP contribution in [0.1, 0.15) is 18.9 Å².